The van der Waals surface area contributed by atoms with Crippen LogP contribution in [-0.4, -0.2) is 25.2 Å². The van der Waals surface area contributed by atoms with Gasteiger partial charge in [0.05, 0.1) is 7.11 Å². The van der Waals surface area contributed by atoms with Crippen LogP contribution >= 0.6 is 11.8 Å². The molecule has 0 aliphatic rings. The van der Waals surface area contributed by atoms with Gasteiger partial charge in [-0.3, -0.25) is 0 Å². The minimum atomic E-state index is 0.225. The van der Waals surface area contributed by atoms with Crippen LogP contribution in [-0.2, 0) is 6.42 Å². The molecule has 1 aromatic rings. The van der Waals surface area contributed by atoms with Crippen LogP contribution in [0.2, 0.25) is 0 Å². The van der Waals surface area contributed by atoms with Gasteiger partial charge in [0, 0.05) is 6.04 Å². The Hall–Kier alpha value is -0.670. The van der Waals surface area contributed by atoms with Crippen molar-refractivity contribution in [1.82, 2.24) is 0 Å². The molecule has 0 bridgehead atoms. The number of benzene rings is 1. The van der Waals surface area contributed by atoms with Crippen LogP contribution < -0.4 is 10.5 Å². The lowest BCUT2D eigenvalue weighted by Gasteiger charge is -2.14. The van der Waals surface area contributed by atoms with E-state index >= 15 is 0 Å². The molecule has 0 radical (unpaired) electrons. The smallest absolute Gasteiger partial charge is 0.122 e. The molecule has 0 aliphatic carbocycles. The van der Waals surface area contributed by atoms with Crippen LogP contribution in [0.3, 0.4) is 0 Å². The molecule has 2 N–H and O–H groups in total. The van der Waals surface area contributed by atoms with Crippen molar-refractivity contribution in [2.24, 2.45) is 5.73 Å². The lowest BCUT2D eigenvalue weighted by Crippen LogP contribution is -2.23. The quantitative estimate of drug-likeness (QED) is 0.829. The van der Waals surface area contributed by atoms with Crippen molar-refractivity contribution in [3.05, 3.63) is 29.3 Å². The van der Waals surface area contributed by atoms with Crippen LogP contribution in [0.4, 0.5) is 0 Å². The van der Waals surface area contributed by atoms with Gasteiger partial charge in [0.15, 0.2) is 0 Å². The number of thioether (sulfide) groups is 1. The Morgan fingerprint density at radius 1 is 1.44 bits per heavy atom. The molecule has 16 heavy (non-hydrogen) atoms. The normalized spacial score (nSPS) is 12.5. The minimum Gasteiger partial charge on any atom is -0.496 e. The number of methoxy groups -OCH3 is 1. The summed E-state index contributed by atoms with van der Waals surface area (Å²) in [5.41, 5.74) is 8.57. The van der Waals surface area contributed by atoms with Crippen molar-refractivity contribution in [2.75, 3.05) is 19.1 Å². The summed E-state index contributed by atoms with van der Waals surface area (Å²) in [7, 11) is 1.71. The van der Waals surface area contributed by atoms with Crippen LogP contribution in [0.1, 0.15) is 17.5 Å². The summed E-state index contributed by atoms with van der Waals surface area (Å²) in [5.74, 6) is 2.07. The fourth-order valence-corrected chi connectivity index (χ4v) is 2.26. The van der Waals surface area contributed by atoms with Crippen molar-refractivity contribution in [3.8, 4) is 5.75 Å². The lowest BCUT2D eigenvalue weighted by molar-refractivity contribution is 0.407. The predicted molar refractivity (Wildman–Crippen MR) is 72.4 cm³/mol. The zero-order valence-electron chi connectivity index (χ0n) is 10.3. The maximum atomic E-state index is 6.10. The highest BCUT2D eigenvalue weighted by molar-refractivity contribution is 7.98. The summed E-state index contributed by atoms with van der Waals surface area (Å²) < 4.78 is 5.34. The van der Waals surface area contributed by atoms with E-state index in [9.17, 15) is 0 Å². The number of hydrogen-bond acceptors (Lipinski definition) is 3. The van der Waals surface area contributed by atoms with Gasteiger partial charge < -0.3 is 10.5 Å². The second kappa shape index (κ2) is 6.81. The standard InChI is InChI=1S/C13H21NOS/c1-10-4-5-13(15-2)11(8-10)9-12(14)6-7-16-3/h4-5,8,12H,6-7,9,14H2,1-3H3. The van der Waals surface area contributed by atoms with Gasteiger partial charge in [0.25, 0.3) is 0 Å². The van der Waals surface area contributed by atoms with Gasteiger partial charge in [-0.2, -0.15) is 11.8 Å². The van der Waals surface area contributed by atoms with Gasteiger partial charge in [-0.1, -0.05) is 17.7 Å². The first kappa shape index (κ1) is 13.4. The molecule has 0 saturated carbocycles. The Balaban J connectivity index is 2.67. The van der Waals surface area contributed by atoms with E-state index in [1.165, 1.54) is 11.1 Å². The first-order chi connectivity index (χ1) is 7.67. The topological polar surface area (TPSA) is 35.2 Å². The fourth-order valence-electron chi connectivity index (χ4n) is 1.72. The van der Waals surface area contributed by atoms with E-state index in [0.717, 1.165) is 24.3 Å². The highest BCUT2D eigenvalue weighted by atomic mass is 32.2. The Morgan fingerprint density at radius 2 is 2.19 bits per heavy atom. The lowest BCUT2D eigenvalue weighted by atomic mass is 10.0. The average molecular weight is 239 g/mol. The van der Waals surface area contributed by atoms with E-state index in [4.69, 9.17) is 10.5 Å². The van der Waals surface area contributed by atoms with Crippen LogP contribution in [0.15, 0.2) is 18.2 Å². The molecule has 0 saturated heterocycles. The maximum absolute atomic E-state index is 6.10. The molecule has 90 valence electrons. The third kappa shape index (κ3) is 4.06. The van der Waals surface area contributed by atoms with Gasteiger partial charge in [0.2, 0.25) is 0 Å². The number of rotatable bonds is 6. The first-order valence-corrected chi connectivity index (χ1v) is 6.94. The minimum absolute atomic E-state index is 0.225. The van der Waals surface area contributed by atoms with E-state index in [1.807, 2.05) is 17.8 Å². The van der Waals surface area contributed by atoms with Gasteiger partial charge in [-0.25, -0.2) is 0 Å². The summed E-state index contributed by atoms with van der Waals surface area (Å²) in [4.78, 5) is 0. The average Bonchev–Trinajstić information content (AvgIpc) is 2.27. The van der Waals surface area contributed by atoms with Crippen molar-refractivity contribution in [3.63, 3.8) is 0 Å². The molecule has 1 atom stereocenters. The molecule has 0 aromatic heterocycles. The first-order valence-electron chi connectivity index (χ1n) is 5.55. The third-order valence-corrected chi connectivity index (χ3v) is 3.25. The van der Waals surface area contributed by atoms with Crippen molar-refractivity contribution in [2.45, 2.75) is 25.8 Å². The van der Waals surface area contributed by atoms with Crippen molar-refractivity contribution >= 4 is 11.8 Å². The molecular weight excluding hydrogens is 218 g/mol. The molecule has 0 fully saturated rings. The summed E-state index contributed by atoms with van der Waals surface area (Å²) >= 11 is 1.84. The van der Waals surface area contributed by atoms with E-state index in [-0.39, 0.29) is 6.04 Å². The molecule has 3 heteroatoms. The zero-order chi connectivity index (χ0) is 12.0. The Bertz CT molecular complexity index is 328. The van der Waals surface area contributed by atoms with E-state index in [0.29, 0.717) is 0 Å². The molecule has 1 rings (SSSR count). The van der Waals surface area contributed by atoms with Gasteiger partial charge in [-0.15, -0.1) is 0 Å². The summed E-state index contributed by atoms with van der Waals surface area (Å²) in [6.45, 7) is 2.09. The van der Waals surface area contributed by atoms with E-state index in [2.05, 4.69) is 25.3 Å². The summed E-state index contributed by atoms with van der Waals surface area (Å²) in [5, 5.41) is 0. The van der Waals surface area contributed by atoms with Crippen molar-refractivity contribution in [1.29, 1.82) is 0 Å². The molecule has 0 amide bonds. The molecule has 1 unspecified atom stereocenters. The largest absolute Gasteiger partial charge is 0.496 e. The van der Waals surface area contributed by atoms with Gasteiger partial charge in [0.1, 0.15) is 5.75 Å². The van der Waals surface area contributed by atoms with E-state index < -0.39 is 0 Å². The Labute approximate surface area is 103 Å². The highest BCUT2D eigenvalue weighted by Crippen LogP contribution is 2.21. The molecular formula is C13H21NOS. The molecule has 0 spiro atoms. The number of ether oxygens (including phenoxy) is 1. The van der Waals surface area contributed by atoms with Gasteiger partial charge in [-0.05, 0) is 43.4 Å². The van der Waals surface area contributed by atoms with Gasteiger partial charge >= 0.3 is 0 Å². The van der Waals surface area contributed by atoms with E-state index in [1.54, 1.807) is 7.11 Å². The van der Waals surface area contributed by atoms with Crippen LogP contribution in [0.25, 0.3) is 0 Å². The monoisotopic (exact) mass is 239 g/mol. The van der Waals surface area contributed by atoms with Crippen LogP contribution in [0.5, 0.6) is 5.75 Å². The Morgan fingerprint density at radius 3 is 2.81 bits per heavy atom. The molecule has 1 aromatic carbocycles. The third-order valence-electron chi connectivity index (χ3n) is 2.61. The number of aryl methyl sites for hydroxylation is 1. The predicted octanol–water partition coefficient (Wildman–Crippen LogP) is 2.63. The summed E-state index contributed by atoms with van der Waals surface area (Å²) in [6, 6.07) is 6.47. The maximum Gasteiger partial charge on any atom is 0.122 e. The zero-order valence-corrected chi connectivity index (χ0v) is 11.1. The number of nitrogens with two attached hydrogens (primary N) is 1. The molecule has 2 nitrogen and oxygen atoms in total. The second-order valence-corrected chi connectivity index (χ2v) is 5.05. The molecule has 0 aliphatic heterocycles. The highest BCUT2D eigenvalue weighted by Gasteiger charge is 2.08. The summed E-state index contributed by atoms with van der Waals surface area (Å²) in [6.07, 6.45) is 4.06. The van der Waals surface area contributed by atoms with Crippen molar-refractivity contribution < 1.29 is 4.74 Å². The van der Waals surface area contributed by atoms with Crippen LogP contribution in [0, 0.1) is 6.92 Å². The Kier molecular flexibility index (Phi) is 5.71. The number of hydrogen-bond donors (Lipinski definition) is 1. The molecule has 0 heterocycles. The fraction of sp³-hybridized carbons (Fsp3) is 0.538. The SMILES string of the molecule is COc1ccc(C)cc1CC(N)CCSC. The second-order valence-electron chi connectivity index (χ2n) is 4.06.